The molecule has 32 heavy (non-hydrogen) atoms. The van der Waals surface area contributed by atoms with E-state index in [1.807, 2.05) is 6.07 Å². The summed E-state index contributed by atoms with van der Waals surface area (Å²) in [7, 11) is 1.58. The predicted octanol–water partition coefficient (Wildman–Crippen LogP) is 5.90. The lowest BCUT2D eigenvalue weighted by molar-refractivity contribution is 0.0739. The summed E-state index contributed by atoms with van der Waals surface area (Å²) in [5.74, 6) is 0.141. The molecule has 1 N–H and O–H groups in total. The largest absolute Gasteiger partial charge is 0.497 e. The van der Waals surface area contributed by atoms with E-state index in [-0.39, 0.29) is 5.76 Å². The zero-order chi connectivity index (χ0) is 22.7. The Hall–Kier alpha value is -3.14. The van der Waals surface area contributed by atoms with Crippen LogP contribution in [0, 0.1) is 0 Å². The van der Waals surface area contributed by atoms with Crippen LogP contribution in [-0.2, 0) is 0 Å². The maximum atomic E-state index is 12.6. The van der Waals surface area contributed by atoms with Crippen LogP contribution in [0.2, 0.25) is 5.02 Å². The van der Waals surface area contributed by atoms with Gasteiger partial charge in [-0.1, -0.05) is 11.6 Å². The number of hydrogen-bond donors (Lipinski definition) is 1. The highest BCUT2D eigenvalue weighted by Gasteiger charge is 2.19. The third-order valence-electron chi connectivity index (χ3n) is 4.29. The van der Waals surface area contributed by atoms with E-state index >= 15 is 0 Å². The van der Waals surface area contributed by atoms with Crippen molar-refractivity contribution < 1.29 is 23.5 Å². The number of methoxy groups -OCH3 is 1. The number of hydrazone groups is 1. The van der Waals surface area contributed by atoms with Crippen LogP contribution < -0.4 is 14.9 Å². The Balaban J connectivity index is 1.40. The average molecular weight is 534 g/mol. The average Bonchev–Trinajstić information content (AvgIpc) is 3.38. The Bertz CT molecular complexity index is 1330. The molecule has 0 unspecified atom stereocenters. The van der Waals surface area contributed by atoms with Gasteiger partial charge in [0, 0.05) is 10.1 Å². The summed E-state index contributed by atoms with van der Waals surface area (Å²) in [6, 6.07) is 15.2. The molecule has 0 fully saturated rings. The summed E-state index contributed by atoms with van der Waals surface area (Å²) in [5, 5.41) is 4.99. The third kappa shape index (κ3) is 4.85. The minimum Gasteiger partial charge on any atom is -0.497 e. The molecule has 7 nitrogen and oxygen atoms in total. The molecule has 0 radical (unpaired) electrons. The number of furan rings is 1. The molecule has 0 saturated carbocycles. The number of halogens is 2. The van der Waals surface area contributed by atoms with Crippen molar-refractivity contribution in [2.24, 2.45) is 5.10 Å². The number of amides is 1. The number of esters is 1. The van der Waals surface area contributed by atoms with Crippen molar-refractivity contribution in [2.75, 3.05) is 7.11 Å². The Morgan fingerprint density at radius 2 is 1.88 bits per heavy atom. The molecule has 0 spiro atoms. The maximum absolute atomic E-state index is 12.6. The molecule has 162 valence electrons. The minimum absolute atomic E-state index is 0.134. The van der Waals surface area contributed by atoms with Crippen molar-refractivity contribution >= 4 is 67.0 Å². The van der Waals surface area contributed by atoms with Gasteiger partial charge in [0.2, 0.25) is 0 Å². The van der Waals surface area contributed by atoms with Crippen molar-refractivity contribution in [2.45, 2.75) is 0 Å². The second-order valence-electron chi connectivity index (χ2n) is 6.37. The minimum atomic E-state index is -0.548. The fourth-order valence-electron chi connectivity index (χ4n) is 2.74. The van der Waals surface area contributed by atoms with E-state index in [2.05, 4.69) is 26.5 Å². The number of rotatable bonds is 6. The number of nitrogens with one attached hydrogen (secondary N) is 1. The topological polar surface area (TPSA) is 90.1 Å². The first-order valence-electron chi connectivity index (χ1n) is 9.11. The Labute approximate surface area is 199 Å². The van der Waals surface area contributed by atoms with Crippen LogP contribution in [0.25, 0.3) is 10.1 Å². The lowest BCUT2D eigenvalue weighted by atomic mass is 10.2. The van der Waals surface area contributed by atoms with Crippen molar-refractivity contribution in [1.29, 1.82) is 0 Å². The fourth-order valence-corrected chi connectivity index (χ4v) is 4.46. The Kier molecular flexibility index (Phi) is 6.59. The van der Waals surface area contributed by atoms with Crippen LogP contribution >= 0.6 is 38.9 Å². The van der Waals surface area contributed by atoms with Gasteiger partial charge in [-0.25, -0.2) is 10.2 Å². The van der Waals surface area contributed by atoms with Gasteiger partial charge in [-0.05, 0) is 76.1 Å². The summed E-state index contributed by atoms with van der Waals surface area (Å²) in [4.78, 5) is 24.8. The van der Waals surface area contributed by atoms with E-state index < -0.39 is 11.9 Å². The van der Waals surface area contributed by atoms with Crippen molar-refractivity contribution in [3.8, 4) is 11.5 Å². The molecule has 0 atom stereocenters. The number of benzene rings is 2. The lowest BCUT2D eigenvalue weighted by Crippen LogP contribution is -2.16. The van der Waals surface area contributed by atoms with Crippen LogP contribution in [0.15, 0.2) is 68.8 Å². The number of fused-ring (bicyclic) bond motifs is 1. The zero-order valence-electron chi connectivity index (χ0n) is 16.4. The van der Waals surface area contributed by atoms with Crippen LogP contribution in [0.1, 0.15) is 25.8 Å². The van der Waals surface area contributed by atoms with E-state index in [0.717, 1.165) is 10.1 Å². The molecule has 1 amide bonds. The number of ether oxygens (including phenoxy) is 2. The maximum Gasteiger partial charge on any atom is 0.355 e. The highest BCUT2D eigenvalue weighted by atomic mass is 79.9. The Morgan fingerprint density at radius 3 is 2.56 bits per heavy atom. The smallest absolute Gasteiger partial charge is 0.355 e. The molecule has 0 aliphatic heterocycles. The zero-order valence-corrected chi connectivity index (χ0v) is 19.6. The van der Waals surface area contributed by atoms with Gasteiger partial charge in [0.05, 0.1) is 18.3 Å². The summed E-state index contributed by atoms with van der Waals surface area (Å²) in [5.41, 5.74) is 3.06. The molecule has 0 bridgehead atoms. The number of hydrogen-bond acceptors (Lipinski definition) is 7. The molecule has 2 aromatic heterocycles. The quantitative estimate of drug-likeness (QED) is 0.144. The number of thiophene rings is 1. The van der Waals surface area contributed by atoms with Gasteiger partial charge in [0.15, 0.2) is 10.4 Å². The third-order valence-corrected chi connectivity index (χ3v) is 6.35. The predicted molar refractivity (Wildman–Crippen MR) is 126 cm³/mol. The van der Waals surface area contributed by atoms with E-state index in [1.165, 1.54) is 23.6 Å². The monoisotopic (exact) mass is 532 g/mol. The summed E-state index contributed by atoms with van der Waals surface area (Å²) in [6.45, 7) is 0. The highest BCUT2D eigenvalue weighted by Crippen LogP contribution is 2.37. The van der Waals surface area contributed by atoms with Crippen LogP contribution in [-0.4, -0.2) is 25.2 Å². The molecule has 4 rings (SSSR count). The second kappa shape index (κ2) is 9.56. The first kappa shape index (κ1) is 22.1. The van der Waals surface area contributed by atoms with Gasteiger partial charge in [-0.2, -0.15) is 5.10 Å². The summed E-state index contributed by atoms with van der Waals surface area (Å²) in [6.07, 6.45) is 1.46. The molecule has 10 heteroatoms. The first-order valence-corrected chi connectivity index (χ1v) is 11.1. The molecule has 2 aromatic carbocycles. The van der Waals surface area contributed by atoms with Gasteiger partial charge < -0.3 is 13.9 Å². The SMILES string of the molecule is COc1ccc2c(Cl)c(C(=O)Oc3ccc(C=NNC(=O)c4ccc(Br)o4)cc3)sc2c1. The van der Waals surface area contributed by atoms with E-state index in [1.54, 1.807) is 49.6 Å². The van der Waals surface area contributed by atoms with Crippen LogP contribution in [0.3, 0.4) is 0 Å². The summed E-state index contributed by atoms with van der Waals surface area (Å²) >= 11 is 10.7. The molecular weight excluding hydrogens is 520 g/mol. The van der Waals surface area contributed by atoms with Crippen molar-refractivity contribution in [1.82, 2.24) is 5.43 Å². The van der Waals surface area contributed by atoms with Crippen LogP contribution in [0.4, 0.5) is 0 Å². The fraction of sp³-hybridized carbons (Fsp3) is 0.0455. The standard InChI is InChI=1S/C22H14BrClN2O5S/c1-29-14-6-7-15-17(10-14)32-20(19(15)24)22(28)30-13-4-2-12(3-5-13)11-25-26-21(27)16-8-9-18(23)31-16/h2-11H,1H3,(H,26,27). The van der Waals surface area contributed by atoms with Gasteiger partial charge >= 0.3 is 11.9 Å². The number of nitrogens with zero attached hydrogens (tertiary/aromatic N) is 1. The Morgan fingerprint density at radius 1 is 1.12 bits per heavy atom. The number of carbonyl (C=O) groups is 2. The second-order valence-corrected chi connectivity index (χ2v) is 8.58. The molecular formula is C22H14BrClN2O5S. The van der Waals surface area contributed by atoms with Gasteiger partial charge in [0.25, 0.3) is 0 Å². The van der Waals surface area contributed by atoms with Crippen LogP contribution in [0.5, 0.6) is 11.5 Å². The number of carbonyl (C=O) groups excluding carboxylic acids is 2. The molecule has 0 saturated heterocycles. The molecule has 0 aliphatic rings. The normalized spacial score (nSPS) is 11.1. The van der Waals surface area contributed by atoms with E-state index in [4.69, 9.17) is 25.5 Å². The first-order chi connectivity index (χ1) is 15.4. The molecule has 2 heterocycles. The van der Waals surface area contributed by atoms with E-state index in [9.17, 15) is 9.59 Å². The molecule has 4 aromatic rings. The van der Waals surface area contributed by atoms with Crippen molar-refractivity contribution in [3.63, 3.8) is 0 Å². The van der Waals surface area contributed by atoms with E-state index in [0.29, 0.717) is 31.6 Å². The molecule has 0 aliphatic carbocycles. The summed E-state index contributed by atoms with van der Waals surface area (Å²) < 4.78 is 17.1. The van der Waals surface area contributed by atoms with Crippen molar-refractivity contribution in [3.05, 3.63) is 80.5 Å². The van der Waals surface area contributed by atoms with Gasteiger partial charge in [0.1, 0.15) is 16.4 Å². The van der Waals surface area contributed by atoms with Gasteiger partial charge in [-0.15, -0.1) is 11.3 Å². The highest BCUT2D eigenvalue weighted by molar-refractivity contribution is 9.10. The van der Waals surface area contributed by atoms with Gasteiger partial charge in [-0.3, -0.25) is 4.79 Å². The lowest BCUT2D eigenvalue weighted by Gasteiger charge is -2.03.